The average molecular weight is 356 g/mol. The molecule has 2 amide bonds. The molecule has 0 bridgehead atoms. The van der Waals surface area contributed by atoms with Gasteiger partial charge in [-0.1, -0.05) is 18.2 Å². The van der Waals surface area contributed by atoms with Gasteiger partial charge in [0.15, 0.2) is 0 Å². The van der Waals surface area contributed by atoms with Crippen LogP contribution in [0.1, 0.15) is 36.7 Å². The van der Waals surface area contributed by atoms with Crippen LogP contribution in [0, 0.1) is 0 Å². The zero-order valence-corrected chi connectivity index (χ0v) is 15.2. The fraction of sp³-hybridized carbons (Fsp3) is 0.300. The number of benzene rings is 2. The van der Waals surface area contributed by atoms with Crippen molar-refractivity contribution < 1.29 is 19.1 Å². The Bertz CT molecular complexity index is 742. The van der Waals surface area contributed by atoms with E-state index < -0.39 is 6.09 Å². The molecular formula is C20H24N2O4. The number of nitrogens with one attached hydrogen (secondary N) is 2. The molecule has 0 spiro atoms. The van der Waals surface area contributed by atoms with E-state index in [4.69, 9.17) is 9.47 Å². The molecule has 2 rings (SSSR count). The highest BCUT2D eigenvalue weighted by Crippen LogP contribution is 2.14. The molecule has 2 N–H and O–H groups in total. The molecule has 0 aromatic heterocycles. The summed E-state index contributed by atoms with van der Waals surface area (Å²) in [5.74, 6) is 0.577. The van der Waals surface area contributed by atoms with E-state index in [1.807, 2.05) is 38.1 Å². The molecule has 0 heterocycles. The molecular weight excluding hydrogens is 332 g/mol. The lowest BCUT2D eigenvalue weighted by molar-refractivity contribution is 0.0950. The van der Waals surface area contributed by atoms with Crippen LogP contribution in [0.2, 0.25) is 0 Å². The second-order valence-corrected chi connectivity index (χ2v) is 5.92. The standard InChI is InChI=1S/C20H24N2O4/c1-4-25-20(24)22-17-7-5-6-16(12-17)19(23)21-13-15-8-10-18(11-9-15)26-14(2)3/h5-12,14H,4,13H2,1-3H3,(H,21,23)(H,22,24). The van der Waals surface area contributed by atoms with E-state index in [0.717, 1.165) is 11.3 Å². The first-order chi connectivity index (χ1) is 12.5. The molecule has 0 saturated carbocycles. The summed E-state index contributed by atoms with van der Waals surface area (Å²) in [5.41, 5.74) is 1.93. The van der Waals surface area contributed by atoms with E-state index in [-0.39, 0.29) is 18.6 Å². The van der Waals surface area contributed by atoms with Crippen LogP contribution in [0.3, 0.4) is 0 Å². The highest BCUT2D eigenvalue weighted by Gasteiger charge is 2.08. The van der Waals surface area contributed by atoms with Crippen molar-refractivity contribution in [3.8, 4) is 5.75 Å². The lowest BCUT2D eigenvalue weighted by atomic mass is 10.1. The average Bonchev–Trinajstić information content (AvgIpc) is 2.61. The van der Waals surface area contributed by atoms with Crippen LogP contribution in [-0.2, 0) is 11.3 Å². The Morgan fingerprint density at radius 1 is 1.08 bits per heavy atom. The normalized spacial score (nSPS) is 10.3. The van der Waals surface area contributed by atoms with Crippen LogP contribution < -0.4 is 15.4 Å². The smallest absolute Gasteiger partial charge is 0.411 e. The van der Waals surface area contributed by atoms with Crippen molar-refractivity contribution in [3.63, 3.8) is 0 Å². The van der Waals surface area contributed by atoms with Gasteiger partial charge in [-0.2, -0.15) is 0 Å². The zero-order valence-electron chi connectivity index (χ0n) is 15.2. The van der Waals surface area contributed by atoms with Gasteiger partial charge in [-0.25, -0.2) is 4.79 Å². The van der Waals surface area contributed by atoms with Crippen LogP contribution in [0.15, 0.2) is 48.5 Å². The summed E-state index contributed by atoms with van der Waals surface area (Å²) in [6.45, 7) is 6.35. The van der Waals surface area contributed by atoms with Gasteiger partial charge in [0.05, 0.1) is 12.7 Å². The van der Waals surface area contributed by atoms with Crippen molar-refractivity contribution in [1.82, 2.24) is 5.32 Å². The Morgan fingerprint density at radius 2 is 1.81 bits per heavy atom. The summed E-state index contributed by atoms with van der Waals surface area (Å²) in [6.07, 6.45) is -0.426. The Kier molecular flexibility index (Phi) is 7.02. The van der Waals surface area contributed by atoms with Gasteiger partial charge >= 0.3 is 6.09 Å². The van der Waals surface area contributed by atoms with Gasteiger partial charge in [0, 0.05) is 17.8 Å². The number of hydrogen-bond donors (Lipinski definition) is 2. The molecule has 6 heteroatoms. The molecule has 2 aromatic rings. The molecule has 6 nitrogen and oxygen atoms in total. The second kappa shape index (κ2) is 9.46. The van der Waals surface area contributed by atoms with Gasteiger partial charge in [0.1, 0.15) is 5.75 Å². The predicted octanol–water partition coefficient (Wildman–Crippen LogP) is 3.97. The Labute approximate surface area is 153 Å². The maximum absolute atomic E-state index is 12.3. The van der Waals surface area contributed by atoms with Crippen molar-refractivity contribution in [2.24, 2.45) is 0 Å². The fourth-order valence-electron chi connectivity index (χ4n) is 2.27. The molecule has 0 fully saturated rings. The molecule has 0 atom stereocenters. The molecule has 0 saturated heterocycles. The molecule has 0 aliphatic heterocycles. The number of rotatable bonds is 7. The number of ether oxygens (including phenoxy) is 2. The predicted molar refractivity (Wildman–Crippen MR) is 100 cm³/mol. The van der Waals surface area contributed by atoms with Crippen molar-refractivity contribution in [2.75, 3.05) is 11.9 Å². The highest BCUT2D eigenvalue weighted by molar-refractivity contribution is 5.96. The van der Waals surface area contributed by atoms with E-state index in [2.05, 4.69) is 10.6 Å². The first kappa shape index (κ1) is 19.3. The van der Waals surface area contributed by atoms with Crippen molar-refractivity contribution >= 4 is 17.7 Å². The number of carbonyl (C=O) groups excluding carboxylic acids is 2. The van der Waals surface area contributed by atoms with E-state index >= 15 is 0 Å². The van der Waals surface area contributed by atoms with E-state index in [1.165, 1.54) is 0 Å². The van der Waals surface area contributed by atoms with Gasteiger partial charge in [-0.15, -0.1) is 0 Å². The van der Waals surface area contributed by atoms with Crippen molar-refractivity contribution in [3.05, 3.63) is 59.7 Å². The second-order valence-electron chi connectivity index (χ2n) is 5.92. The van der Waals surface area contributed by atoms with Gasteiger partial charge in [0.25, 0.3) is 5.91 Å². The SMILES string of the molecule is CCOC(=O)Nc1cccc(C(=O)NCc2ccc(OC(C)C)cc2)c1. The summed E-state index contributed by atoms with van der Waals surface area (Å²) in [4.78, 5) is 23.8. The lowest BCUT2D eigenvalue weighted by Gasteiger charge is -2.11. The van der Waals surface area contributed by atoms with Crippen LogP contribution in [-0.4, -0.2) is 24.7 Å². The zero-order chi connectivity index (χ0) is 18.9. The van der Waals surface area contributed by atoms with Crippen molar-refractivity contribution in [1.29, 1.82) is 0 Å². The topological polar surface area (TPSA) is 76.7 Å². The summed E-state index contributed by atoms with van der Waals surface area (Å²) >= 11 is 0. The molecule has 0 aliphatic carbocycles. The fourth-order valence-corrected chi connectivity index (χ4v) is 2.27. The van der Waals surface area contributed by atoms with Crippen molar-refractivity contribution in [2.45, 2.75) is 33.4 Å². The molecule has 138 valence electrons. The molecule has 0 radical (unpaired) electrons. The minimum Gasteiger partial charge on any atom is -0.491 e. The maximum atomic E-state index is 12.3. The minimum absolute atomic E-state index is 0.121. The molecule has 26 heavy (non-hydrogen) atoms. The highest BCUT2D eigenvalue weighted by atomic mass is 16.5. The van der Waals surface area contributed by atoms with E-state index in [0.29, 0.717) is 17.8 Å². The number of hydrogen-bond acceptors (Lipinski definition) is 4. The van der Waals surface area contributed by atoms with Gasteiger partial charge in [-0.3, -0.25) is 10.1 Å². The van der Waals surface area contributed by atoms with Gasteiger partial charge < -0.3 is 14.8 Å². The third kappa shape index (κ3) is 6.12. The quantitative estimate of drug-likeness (QED) is 0.787. The molecule has 2 aromatic carbocycles. The van der Waals surface area contributed by atoms with Crippen LogP contribution in [0.25, 0.3) is 0 Å². The minimum atomic E-state index is -0.547. The number of anilines is 1. The first-order valence-corrected chi connectivity index (χ1v) is 8.55. The summed E-state index contributed by atoms with van der Waals surface area (Å²) in [5, 5.41) is 5.44. The largest absolute Gasteiger partial charge is 0.491 e. The van der Waals surface area contributed by atoms with Crippen LogP contribution >= 0.6 is 0 Å². The van der Waals surface area contributed by atoms with E-state index in [9.17, 15) is 9.59 Å². The van der Waals surface area contributed by atoms with Gasteiger partial charge in [-0.05, 0) is 56.7 Å². The number of carbonyl (C=O) groups is 2. The first-order valence-electron chi connectivity index (χ1n) is 8.55. The summed E-state index contributed by atoms with van der Waals surface area (Å²) in [6, 6.07) is 14.3. The Morgan fingerprint density at radius 3 is 2.46 bits per heavy atom. The number of amides is 2. The molecule has 0 aliphatic rings. The van der Waals surface area contributed by atoms with Crippen LogP contribution in [0.5, 0.6) is 5.75 Å². The lowest BCUT2D eigenvalue weighted by Crippen LogP contribution is -2.23. The summed E-state index contributed by atoms with van der Waals surface area (Å²) < 4.78 is 10.4. The Balaban J connectivity index is 1.92. The van der Waals surface area contributed by atoms with Gasteiger partial charge in [0.2, 0.25) is 0 Å². The maximum Gasteiger partial charge on any atom is 0.411 e. The Hall–Kier alpha value is -3.02. The van der Waals surface area contributed by atoms with E-state index in [1.54, 1.807) is 31.2 Å². The third-order valence-electron chi connectivity index (χ3n) is 3.39. The third-order valence-corrected chi connectivity index (χ3v) is 3.39. The molecule has 0 unspecified atom stereocenters. The monoisotopic (exact) mass is 356 g/mol. The summed E-state index contributed by atoms with van der Waals surface area (Å²) in [7, 11) is 0. The van der Waals surface area contributed by atoms with Crippen LogP contribution in [0.4, 0.5) is 10.5 Å².